The van der Waals surface area contributed by atoms with E-state index >= 15 is 0 Å². The lowest BCUT2D eigenvalue weighted by atomic mass is 10.3. The fourth-order valence-electron chi connectivity index (χ4n) is 2.64. The first kappa shape index (κ1) is 17.4. The summed E-state index contributed by atoms with van der Waals surface area (Å²) in [5.41, 5.74) is 2.71. The van der Waals surface area contributed by atoms with Gasteiger partial charge in [-0.25, -0.2) is 4.98 Å². The molecule has 0 saturated heterocycles. The molecule has 1 atom stereocenters. The van der Waals surface area contributed by atoms with Crippen LogP contribution in [0, 0.1) is 0 Å². The number of ether oxygens (including phenoxy) is 1. The van der Waals surface area contributed by atoms with Gasteiger partial charge < -0.3 is 14.6 Å². The molecule has 3 rings (SSSR count). The number of hydrogen-bond acceptors (Lipinski definition) is 4. The van der Waals surface area contributed by atoms with Crippen LogP contribution in [0.15, 0.2) is 53.7 Å². The zero-order valence-electron chi connectivity index (χ0n) is 14.5. The normalized spacial score (nSPS) is 12.1. The van der Waals surface area contributed by atoms with Gasteiger partial charge in [-0.2, -0.15) is 0 Å². The Balaban J connectivity index is 1.78. The molecule has 130 valence electrons. The van der Waals surface area contributed by atoms with Crippen molar-refractivity contribution in [2.75, 3.05) is 12.4 Å². The summed E-state index contributed by atoms with van der Waals surface area (Å²) in [6, 6.07) is 15.4. The lowest BCUT2D eigenvalue weighted by Crippen LogP contribution is -2.23. The topological polar surface area (TPSA) is 56.2 Å². The van der Waals surface area contributed by atoms with Crippen molar-refractivity contribution in [3.63, 3.8) is 0 Å². The van der Waals surface area contributed by atoms with E-state index in [1.54, 1.807) is 7.11 Å². The number of rotatable bonds is 6. The molecule has 2 aromatic carbocycles. The summed E-state index contributed by atoms with van der Waals surface area (Å²) in [5.74, 6) is 0.568. The number of amides is 1. The summed E-state index contributed by atoms with van der Waals surface area (Å²) in [5, 5.41) is 3.50. The van der Waals surface area contributed by atoms with E-state index in [1.165, 1.54) is 11.8 Å². The van der Waals surface area contributed by atoms with Crippen molar-refractivity contribution in [2.24, 2.45) is 0 Å². The van der Waals surface area contributed by atoms with Crippen molar-refractivity contribution in [2.45, 2.75) is 30.8 Å². The van der Waals surface area contributed by atoms with Crippen LogP contribution in [-0.4, -0.2) is 27.8 Å². The predicted molar refractivity (Wildman–Crippen MR) is 102 cm³/mol. The molecule has 0 bridgehead atoms. The Labute approximate surface area is 151 Å². The summed E-state index contributed by atoms with van der Waals surface area (Å²) in [7, 11) is 1.59. The minimum Gasteiger partial charge on any atom is -0.495 e. The summed E-state index contributed by atoms with van der Waals surface area (Å²) < 4.78 is 7.41. The highest BCUT2D eigenvalue weighted by molar-refractivity contribution is 8.00. The van der Waals surface area contributed by atoms with Crippen molar-refractivity contribution in [3.8, 4) is 5.75 Å². The number of carbonyl (C=O) groups is 1. The molecular weight excluding hydrogens is 334 g/mol. The van der Waals surface area contributed by atoms with Gasteiger partial charge in [-0.15, -0.1) is 0 Å². The average molecular weight is 355 g/mol. The van der Waals surface area contributed by atoms with Crippen LogP contribution < -0.4 is 10.1 Å². The first-order valence-electron chi connectivity index (χ1n) is 8.19. The maximum absolute atomic E-state index is 12.6. The van der Waals surface area contributed by atoms with Gasteiger partial charge in [0, 0.05) is 6.54 Å². The number of benzene rings is 2. The zero-order valence-corrected chi connectivity index (χ0v) is 15.3. The van der Waals surface area contributed by atoms with Gasteiger partial charge in [-0.05, 0) is 38.1 Å². The number of aryl methyl sites for hydroxylation is 1. The number of imidazole rings is 1. The average Bonchev–Trinajstić information content (AvgIpc) is 2.99. The summed E-state index contributed by atoms with van der Waals surface area (Å²) in [4.78, 5) is 17.2. The second-order valence-corrected chi connectivity index (χ2v) is 6.88. The number of carbonyl (C=O) groups excluding carboxylic acids is 1. The minimum absolute atomic E-state index is 0.0794. The molecule has 1 amide bonds. The quantitative estimate of drug-likeness (QED) is 0.674. The van der Waals surface area contributed by atoms with Crippen molar-refractivity contribution in [1.29, 1.82) is 0 Å². The van der Waals surface area contributed by atoms with E-state index in [-0.39, 0.29) is 11.2 Å². The number of aromatic nitrogens is 2. The van der Waals surface area contributed by atoms with Crippen LogP contribution in [0.4, 0.5) is 5.69 Å². The molecule has 0 aliphatic heterocycles. The Morgan fingerprint density at radius 2 is 1.96 bits per heavy atom. The van der Waals surface area contributed by atoms with E-state index in [2.05, 4.69) is 27.9 Å². The van der Waals surface area contributed by atoms with Gasteiger partial charge >= 0.3 is 0 Å². The van der Waals surface area contributed by atoms with Gasteiger partial charge in [0.05, 0.1) is 29.1 Å². The molecule has 5 nitrogen and oxygen atoms in total. The Morgan fingerprint density at radius 3 is 2.72 bits per heavy atom. The fraction of sp³-hybridized carbons (Fsp3) is 0.263. The number of hydrogen-bond donors (Lipinski definition) is 1. The third-order valence-electron chi connectivity index (χ3n) is 3.95. The van der Waals surface area contributed by atoms with Crippen LogP contribution >= 0.6 is 11.8 Å². The third kappa shape index (κ3) is 3.64. The van der Waals surface area contributed by atoms with Crippen LogP contribution in [0.3, 0.4) is 0 Å². The van der Waals surface area contributed by atoms with Gasteiger partial charge in [-0.3, -0.25) is 4.79 Å². The van der Waals surface area contributed by atoms with Gasteiger partial charge in [0.2, 0.25) is 5.91 Å². The van der Waals surface area contributed by atoms with E-state index in [0.29, 0.717) is 11.4 Å². The molecule has 1 aromatic heterocycles. The van der Waals surface area contributed by atoms with Gasteiger partial charge in [0.25, 0.3) is 0 Å². The van der Waals surface area contributed by atoms with Crippen molar-refractivity contribution in [3.05, 3.63) is 48.5 Å². The number of anilines is 1. The van der Waals surface area contributed by atoms with Crippen LogP contribution in [0.2, 0.25) is 0 Å². The van der Waals surface area contributed by atoms with Gasteiger partial charge in [-0.1, -0.05) is 36.0 Å². The second kappa shape index (κ2) is 7.61. The van der Waals surface area contributed by atoms with E-state index in [1.807, 2.05) is 49.4 Å². The molecule has 0 aliphatic carbocycles. The highest BCUT2D eigenvalue weighted by Gasteiger charge is 2.20. The maximum Gasteiger partial charge on any atom is 0.237 e. The summed E-state index contributed by atoms with van der Waals surface area (Å²) in [6.45, 7) is 4.77. The van der Waals surface area contributed by atoms with E-state index < -0.39 is 0 Å². The second-order valence-electron chi connectivity index (χ2n) is 5.58. The SMILES string of the molecule is CCn1c(SC(C)C(=O)Nc2ccccc2OC)nc2ccccc21. The number of nitrogens with one attached hydrogen (secondary N) is 1. The molecule has 25 heavy (non-hydrogen) atoms. The number of fused-ring (bicyclic) bond motifs is 1. The zero-order chi connectivity index (χ0) is 17.8. The Hall–Kier alpha value is -2.47. The Morgan fingerprint density at radius 1 is 1.24 bits per heavy atom. The number of nitrogens with zero attached hydrogens (tertiary/aromatic N) is 2. The number of para-hydroxylation sites is 4. The lowest BCUT2D eigenvalue weighted by molar-refractivity contribution is -0.115. The summed E-state index contributed by atoms with van der Waals surface area (Å²) >= 11 is 1.46. The predicted octanol–water partition coefficient (Wildman–Crippen LogP) is 4.18. The van der Waals surface area contributed by atoms with Crippen molar-refractivity contribution < 1.29 is 9.53 Å². The molecule has 1 N–H and O–H groups in total. The molecule has 1 unspecified atom stereocenters. The molecule has 0 spiro atoms. The first-order chi connectivity index (χ1) is 12.1. The number of methoxy groups -OCH3 is 1. The molecule has 1 heterocycles. The molecular formula is C19H21N3O2S. The smallest absolute Gasteiger partial charge is 0.237 e. The molecule has 0 fully saturated rings. The lowest BCUT2D eigenvalue weighted by Gasteiger charge is -2.14. The van der Waals surface area contributed by atoms with Crippen molar-refractivity contribution in [1.82, 2.24) is 9.55 Å². The molecule has 0 radical (unpaired) electrons. The monoisotopic (exact) mass is 355 g/mol. The third-order valence-corrected chi connectivity index (χ3v) is 5.04. The standard InChI is InChI=1S/C19H21N3O2S/c1-4-22-16-11-7-5-9-14(16)21-19(22)25-13(2)18(23)20-15-10-6-8-12-17(15)24-3/h5-13H,4H2,1-3H3,(H,20,23). The van der Waals surface area contributed by atoms with Crippen LogP contribution in [0.5, 0.6) is 5.75 Å². The highest BCUT2D eigenvalue weighted by Crippen LogP contribution is 2.29. The van der Waals surface area contributed by atoms with Crippen LogP contribution in [0.1, 0.15) is 13.8 Å². The van der Waals surface area contributed by atoms with E-state index in [4.69, 9.17) is 4.74 Å². The minimum atomic E-state index is -0.285. The van der Waals surface area contributed by atoms with Crippen molar-refractivity contribution >= 4 is 34.4 Å². The Kier molecular flexibility index (Phi) is 5.28. The summed E-state index contributed by atoms with van der Waals surface area (Å²) in [6.07, 6.45) is 0. The van der Waals surface area contributed by atoms with Gasteiger partial charge in [0.1, 0.15) is 5.75 Å². The molecule has 6 heteroatoms. The first-order valence-corrected chi connectivity index (χ1v) is 9.07. The van der Waals surface area contributed by atoms with Crippen LogP contribution in [0.25, 0.3) is 11.0 Å². The van der Waals surface area contributed by atoms with Crippen LogP contribution in [-0.2, 0) is 11.3 Å². The van der Waals surface area contributed by atoms with E-state index in [0.717, 1.165) is 22.7 Å². The number of thioether (sulfide) groups is 1. The van der Waals surface area contributed by atoms with Gasteiger partial charge in [0.15, 0.2) is 5.16 Å². The molecule has 3 aromatic rings. The molecule has 0 aliphatic rings. The Bertz CT molecular complexity index is 891. The maximum atomic E-state index is 12.6. The van der Waals surface area contributed by atoms with E-state index in [9.17, 15) is 4.79 Å². The fourth-order valence-corrected chi connectivity index (χ4v) is 3.63. The highest BCUT2D eigenvalue weighted by atomic mass is 32.2. The molecule has 0 saturated carbocycles. The largest absolute Gasteiger partial charge is 0.495 e.